The molecule has 0 spiro atoms. The highest BCUT2D eigenvalue weighted by atomic mass is 79.9. The van der Waals surface area contributed by atoms with E-state index in [1.807, 2.05) is 0 Å². The summed E-state index contributed by atoms with van der Waals surface area (Å²) < 4.78 is 18.6. The van der Waals surface area contributed by atoms with Crippen molar-refractivity contribution in [3.05, 3.63) is 22.4 Å². The van der Waals surface area contributed by atoms with E-state index in [1.165, 1.54) is 17.8 Å². The van der Waals surface area contributed by atoms with Crippen molar-refractivity contribution in [3.63, 3.8) is 0 Å². The van der Waals surface area contributed by atoms with Crippen molar-refractivity contribution in [2.75, 3.05) is 11.5 Å². The maximum absolute atomic E-state index is 13.2. The van der Waals surface area contributed by atoms with Crippen molar-refractivity contribution in [3.8, 4) is 0 Å². The van der Waals surface area contributed by atoms with Gasteiger partial charge in [-0.2, -0.15) is 0 Å². The van der Waals surface area contributed by atoms with Crippen LogP contribution in [-0.4, -0.2) is 17.3 Å². The quantitative estimate of drug-likeness (QED) is 0.521. The Balaban J connectivity index is 2.64. The first-order valence-corrected chi connectivity index (χ1v) is 7.06. The van der Waals surface area contributed by atoms with Crippen molar-refractivity contribution >= 4 is 39.3 Å². The molecule has 18 heavy (non-hydrogen) atoms. The van der Waals surface area contributed by atoms with Gasteiger partial charge in [-0.25, -0.2) is 4.39 Å². The molecule has 0 aliphatic rings. The van der Waals surface area contributed by atoms with Crippen molar-refractivity contribution < 1.29 is 13.9 Å². The van der Waals surface area contributed by atoms with E-state index in [1.54, 1.807) is 26.8 Å². The monoisotopic (exact) mass is 335 g/mol. The average Bonchev–Trinajstić information content (AvgIpc) is 2.19. The Hall–Kier alpha value is -0.750. The molecule has 0 unspecified atom stereocenters. The highest BCUT2D eigenvalue weighted by molar-refractivity contribution is 9.10. The Morgan fingerprint density at radius 2 is 2.11 bits per heavy atom. The maximum Gasteiger partial charge on any atom is 0.316 e. The van der Waals surface area contributed by atoms with Gasteiger partial charge in [0, 0.05) is 10.6 Å². The molecule has 0 aromatic heterocycles. The number of anilines is 1. The summed E-state index contributed by atoms with van der Waals surface area (Å²) in [5.41, 5.74) is 5.47. The minimum atomic E-state index is -0.507. The number of nitrogen functional groups attached to an aromatic ring is 1. The summed E-state index contributed by atoms with van der Waals surface area (Å²) in [6.07, 6.45) is 0. The second-order valence-corrected chi connectivity index (χ2v) is 6.55. The molecule has 0 atom stereocenters. The van der Waals surface area contributed by atoms with Crippen LogP contribution in [0.4, 0.5) is 10.1 Å². The van der Waals surface area contributed by atoms with Crippen molar-refractivity contribution in [1.82, 2.24) is 0 Å². The van der Waals surface area contributed by atoms with Crippen LogP contribution in [-0.2, 0) is 9.53 Å². The third kappa shape index (κ3) is 4.86. The summed E-state index contributed by atoms with van der Waals surface area (Å²) in [6.45, 7) is 5.41. The van der Waals surface area contributed by atoms with Gasteiger partial charge in [-0.05, 0) is 48.8 Å². The van der Waals surface area contributed by atoms with Gasteiger partial charge in [0.25, 0.3) is 0 Å². The second kappa shape index (κ2) is 5.93. The van der Waals surface area contributed by atoms with Crippen LogP contribution in [0.25, 0.3) is 0 Å². The minimum Gasteiger partial charge on any atom is -0.459 e. The second-order valence-electron chi connectivity index (χ2n) is 4.68. The fraction of sp³-hybridized carbons (Fsp3) is 0.417. The zero-order valence-corrected chi connectivity index (χ0v) is 12.8. The maximum atomic E-state index is 13.2. The molecular weight excluding hydrogens is 321 g/mol. The van der Waals surface area contributed by atoms with E-state index in [0.717, 1.165) is 0 Å². The lowest BCUT2D eigenvalue weighted by molar-refractivity contribution is -0.151. The van der Waals surface area contributed by atoms with Crippen molar-refractivity contribution in [1.29, 1.82) is 0 Å². The van der Waals surface area contributed by atoms with Crippen molar-refractivity contribution in [2.45, 2.75) is 31.3 Å². The summed E-state index contributed by atoms with van der Waals surface area (Å²) in [7, 11) is 0. The number of thioether (sulfide) groups is 1. The van der Waals surface area contributed by atoms with E-state index < -0.39 is 11.4 Å². The van der Waals surface area contributed by atoms with Crippen LogP contribution in [0.5, 0.6) is 0 Å². The van der Waals surface area contributed by atoms with E-state index in [-0.39, 0.29) is 11.7 Å². The molecule has 1 aromatic rings. The lowest BCUT2D eigenvalue weighted by atomic mass is 10.2. The Kier molecular flexibility index (Phi) is 5.04. The Morgan fingerprint density at radius 3 is 2.67 bits per heavy atom. The van der Waals surface area contributed by atoms with Gasteiger partial charge < -0.3 is 10.5 Å². The number of esters is 1. The summed E-state index contributed by atoms with van der Waals surface area (Å²) in [5, 5.41) is 0. The molecule has 1 aromatic carbocycles. The zero-order valence-electron chi connectivity index (χ0n) is 10.4. The molecule has 0 saturated carbocycles. The highest BCUT2D eigenvalue weighted by Gasteiger charge is 2.17. The number of benzene rings is 1. The van der Waals surface area contributed by atoms with Gasteiger partial charge in [0.2, 0.25) is 0 Å². The molecule has 6 heteroatoms. The lowest BCUT2D eigenvalue weighted by Gasteiger charge is -2.19. The van der Waals surface area contributed by atoms with E-state index in [0.29, 0.717) is 15.1 Å². The number of carbonyl (C=O) groups is 1. The molecule has 0 aliphatic carbocycles. The van der Waals surface area contributed by atoms with Crippen LogP contribution in [0.1, 0.15) is 20.8 Å². The Labute approximate surface area is 118 Å². The molecule has 0 radical (unpaired) electrons. The summed E-state index contributed by atoms with van der Waals surface area (Å²) in [6, 6.07) is 2.78. The first-order chi connectivity index (χ1) is 8.19. The number of hydrogen-bond donors (Lipinski definition) is 1. The third-order valence-electron chi connectivity index (χ3n) is 1.82. The molecule has 0 bridgehead atoms. The SMILES string of the molecule is CC(C)(C)OC(=O)CSc1cc(Br)c(F)cc1N. The van der Waals surface area contributed by atoms with Gasteiger partial charge in [0.1, 0.15) is 11.4 Å². The molecule has 0 saturated heterocycles. The molecule has 0 fully saturated rings. The number of carbonyl (C=O) groups excluding carboxylic acids is 1. The van der Waals surface area contributed by atoms with E-state index in [4.69, 9.17) is 10.5 Å². The third-order valence-corrected chi connectivity index (χ3v) is 3.47. The lowest BCUT2D eigenvalue weighted by Crippen LogP contribution is -2.24. The van der Waals surface area contributed by atoms with Gasteiger partial charge in [0.05, 0.1) is 10.2 Å². The summed E-state index contributed by atoms with van der Waals surface area (Å²) >= 11 is 4.30. The van der Waals surface area contributed by atoms with Crippen LogP contribution in [0.15, 0.2) is 21.5 Å². The Morgan fingerprint density at radius 1 is 1.50 bits per heavy atom. The molecule has 1 rings (SSSR count). The number of nitrogens with two attached hydrogens (primary N) is 1. The van der Waals surface area contributed by atoms with Crippen LogP contribution in [0.3, 0.4) is 0 Å². The normalized spacial score (nSPS) is 11.4. The Bertz CT molecular complexity index is 460. The topological polar surface area (TPSA) is 52.3 Å². The van der Waals surface area contributed by atoms with Gasteiger partial charge in [-0.1, -0.05) is 0 Å². The molecule has 2 N–H and O–H groups in total. The largest absolute Gasteiger partial charge is 0.459 e. The smallest absolute Gasteiger partial charge is 0.316 e. The summed E-state index contributed by atoms with van der Waals surface area (Å²) in [4.78, 5) is 12.2. The predicted octanol–water partition coefficient (Wildman–Crippen LogP) is 3.60. The molecule has 0 heterocycles. The number of ether oxygens (including phenoxy) is 1. The van der Waals surface area contributed by atoms with Gasteiger partial charge in [0.15, 0.2) is 0 Å². The molecule has 3 nitrogen and oxygen atoms in total. The molecule has 0 aliphatic heterocycles. The standard InChI is InChI=1S/C12H15BrFNO2S/c1-12(2,3)17-11(16)6-18-10-4-7(13)8(14)5-9(10)15/h4-5H,6,15H2,1-3H3. The summed E-state index contributed by atoms with van der Waals surface area (Å²) in [5.74, 6) is -0.610. The van der Waals surface area contributed by atoms with Gasteiger partial charge >= 0.3 is 5.97 Å². The first-order valence-electron chi connectivity index (χ1n) is 5.28. The predicted molar refractivity (Wildman–Crippen MR) is 75.1 cm³/mol. The number of rotatable bonds is 3. The number of hydrogen-bond acceptors (Lipinski definition) is 4. The fourth-order valence-corrected chi connectivity index (χ4v) is 2.43. The molecule has 100 valence electrons. The van der Waals surface area contributed by atoms with Crippen molar-refractivity contribution in [2.24, 2.45) is 0 Å². The van der Waals surface area contributed by atoms with E-state index in [9.17, 15) is 9.18 Å². The average molecular weight is 336 g/mol. The number of halogens is 2. The minimum absolute atomic E-state index is 0.138. The van der Waals surface area contributed by atoms with E-state index >= 15 is 0 Å². The first kappa shape index (κ1) is 15.3. The van der Waals surface area contributed by atoms with Gasteiger partial charge in [-0.3, -0.25) is 4.79 Å². The van der Waals surface area contributed by atoms with Crippen LogP contribution in [0, 0.1) is 5.82 Å². The van der Waals surface area contributed by atoms with Gasteiger partial charge in [-0.15, -0.1) is 11.8 Å². The highest BCUT2D eigenvalue weighted by Crippen LogP contribution is 2.30. The zero-order chi connectivity index (χ0) is 13.9. The van der Waals surface area contributed by atoms with Crippen LogP contribution < -0.4 is 5.73 Å². The fourth-order valence-electron chi connectivity index (χ4n) is 1.18. The van der Waals surface area contributed by atoms with E-state index in [2.05, 4.69) is 15.9 Å². The van der Waals surface area contributed by atoms with Crippen LogP contribution in [0.2, 0.25) is 0 Å². The molecular formula is C12H15BrFNO2S. The van der Waals surface area contributed by atoms with Crippen LogP contribution >= 0.6 is 27.7 Å². The molecule has 0 amide bonds.